The molecule has 1 atom stereocenters. The van der Waals surface area contributed by atoms with E-state index in [1.807, 2.05) is 13.8 Å². The van der Waals surface area contributed by atoms with Gasteiger partial charge in [-0.05, 0) is 37.0 Å². The Kier molecular flexibility index (Phi) is 5.43. The molecule has 0 aromatic heterocycles. The number of rotatable bonds is 0. The maximum atomic E-state index is 7.53. The lowest BCUT2D eigenvalue weighted by atomic mass is 9.86. The lowest BCUT2D eigenvalue weighted by Crippen LogP contribution is -2.15. The minimum Gasteiger partial charge on any atom is -0.404 e. The van der Waals surface area contributed by atoms with Crippen molar-refractivity contribution in [2.75, 3.05) is 0 Å². The zero-order valence-corrected chi connectivity index (χ0v) is 8.35. The van der Waals surface area contributed by atoms with Crippen LogP contribution in [0.1, 0.15) is 40.0 Å². The van der Waals surface area contributed by atoms with E-state index < -0.39 is 0 Å². The molecule has 1 aliphatic carbocycles. The van der Waals surface area contributed by atoms with Gasteiger partial charge in [-0.25, -0.2) is 0 Å². The van der Waals surface area contributed by atoms with Gasteiger partial charge in [0.1, 0.15) is 0 Å². The first-order valence-electron chi connectivity index (χ1n) is 4.72. The summed E-state index contributed by atoms with van der Waals surface area (Å²) in [4.78, 5) is 0. The van der Waals surface area contributed by atoms with E-state index in [4.69, 9.17) is 11.1 Å². The molecule has 1 aliphatic rings. The highest BCUT2D eigenvalue weighted by Gasteiger charge is 2.16. The number of nitrogens with one attached hydrogen (secondary N) is 1. The number of hydrogen-bond acceptors (Lipinski definition) is 2. The van der Waals surface area contributed by atoms with Crippen LogP contribution in [-0.4, -0.2) is 5.71 Å². The van der Waals surface area contributed by atoms with E-state index in [0.717, 1.165) is 24.1 Å². The van der Waals surface area contributed by atoms with Crippen LogP contribution in [-0.2, 0) is 0 Å². The predicted octanol–water partition coefficient (Wildman–Crippen LogP) is 2.69. The third-order valence-electron chi connectivity index (χ3n) is 2.05. The molecule has 0 radical (unpaired) electrons. The van der Waals surface area contributed by atoms with Crippen molar-refractivity contribution in [3.63, 3.8) is 0 Å². The fraction of sp³-hybridized carbons (Fsp3) is 0.700. The van der Waals surface area contributed by atoms with Crippen LogP contribution in [0.2, 0.25) is 0 Å². The highest BCUT2D eigenvalue weighted by molar-refractivity contribution is 5.98. The first-order valence-corrected chi connectivity index (χ1v) is 4.72. The normalized spacial score (nSPS) is 26.4. The van der Waals surface area contributed by atoms with Gasteiger partial charge in [0.05, 0.1) is 0 Å². The van der Waals surface area contributed by atoms with Crippen molar-refractivity contribution in [3.05, 3.63) is 11.8 Å². The third-order valence-corrected chi connectivity index (χ3v) is 2.05. The molecule has 2 nitrogen and oxygen atoms in total. The molecule has 1 unspecified atom stereocenters. The average Bonchev–Trinajstić information content (AvgIpc) is 2.08. The summed E-state index contributed by atoms with van der Waals surface area (Å²) in [5, 5.41) is 7.53. The van der Waals surface area contributed by atoms with E-state index in [9.17, 15) is 0 Å². The third kappa shape index (κ3) is 3.07. The minimum atomic E-state index is 0.677. The van der Waals surface area contributed by atoms with Gasteiger partial charge in [-0.15, -0.1) is 0 Å². The molecule has 3 N–H and O–H groups in total. The zero-order chi connectivity index (χ0) is 9.56. The van der Waals surface area contributed by atoms with Gasteiger partial charge >= 0.3 is 0 Å². The monoisotopic (exact) mass is 168 g/mol. The number of hydrogen-bond donors (Lipinski definition) is 2. The summed E-state index contributed by atoms with van der Waals surface area (Å²) in [5.41, 5.74) is 7.11. The summed E-state index contributed by atoms with van der Waals surface area (Å²) in [6.45, 7) is 6.18. The Bertz CT molecular complexity index is 171. The smallest absolute Gasteiger partial charge is 0.0362 e. The Morgan fingerprint density at radius 2 is 2.08 bits per heavy atom. The first-order chi connectivity index (χ1) is 5.74. The van der Waals surface area contributed by atoms with Crippen molar-refractivity contribution in [1.29, 1.82) is 5.41 Å². The quantitative estimate of drug-likeness (QED) is 0.574. The van der Waals surface area contributed by atoms with E-state index in [1.165, 1.54) is 6.42 Å². The second-order valence-electron chi connectivity index (χ2n) is 3.02. The molecule has 0 aromatic rings. The highest BCUT2D eigenvalue weighted by atomic mass is 14.5. The van der Waals surface area contributed by atoms with Gasteiger partial charge in [-0.1, -0.05) is 20.8 Å². The number of nitrogens with two attached hydrogens (primary N) is 1. The average molecular weight is 168 g/mol. The van der Waals surface area contributed by atoms with Crippen LogP contribution in [0, 0.1) is 11.3 Å². The van der Waals surface area contributed by atoms with Crippen LogP contribution in [0.5, 0.6) is 0 Å². The molecular formula is C10H20N2. The zero-order valence-electron chi connectivity index (χ0n) is 8.35. The fourth-order valence-corrected chi connectivity index (χ4v) is 1.32. The molecule has 0 heterocycles. The van der Waals surface area contributed by atoms with Crippen molar-refractivity contribution >= 4 is 5.71 Å². The molecule has 70 valence electrons. The van der Waals surface area contributed by atoms with E-state index in [-0.39, 0.29) is 0 Å². The van der Waals surface area contributed by atoms with Crippen molar-refractivity contribution in [2.45, 2.75) is 40.0 Å². The van der Waals surface area contributed by atoms with Gasteiger partial charge < -0.3 is 11.1 Å². The van der Waals surface area contributed by atoms with Gasteiger partial charge in [0, 0.05) is 5.71 Å². The first kappa shape index (κ1) is 11.2. The van der Waals surface area contributed by atoms with Crippen molar-refractivity contribution in [1.82, 2.24) is 0 Å². The molecule has 1 fully saturated rings. The summed E-state index contributed by atoms with van der Waals surface area (Å²) < 4.78 is 0. The predicted molar refractivity (Wildman–Crippen MR) is 54.4 cm³/mol. The van der Waals surface area contributed by atoms with Crippen LogP contribution in [0.25, 0.3) is 0 Å². The summed E-state index contributed by atoms with van der Waals surface area (Å²) in [7, 11) is 0. The van der Waals surface area contributed by atoms with Crippen molar-refractivity contribution in [2.24, 2.45) is 11.7 Å². The SMILES string of the molecule is CC.CC1CC/C(=C/N)C(=N)C1. The second-order valence-corrected chi connectivity index (χ2v) is 3.02. The summed E-state index contributed by atoms with van der Waals surface area (Å²) in [6, 6.07) is 0. The molecular weight excluding hydrogens is 148 g/mol. The summed E-state index contributed by atoms with van der Waals surface area (Å²) >= 11 is 0. The van der Waals surface area contributed by atoms with Crippen molar-refractivity contribution in [3.8, 4) is 0 Å². The molecule has 12 heavy (non-hydrogen) atoms. The van der Waals surface area contributed by atoms with Crippen LogP contribution in [0.4, 0.5) is 0 Å². The van der Waals surface area contributed by atoms with Crippen LogP contribution < -0.4 is 5.73 Å². The van der Waals surface area contributed by atoms with Gasteiger partial charge in [0.15, 0.2) is 0 Å². The van der Waals surface area contributed by atoms with Gasteiger partial charge in [-0.3, -0.25) is 0 Å². The van der Waals surface area contributed by atoms with Gasteiger partial charge in [0.25, 0.3) is 0 Å². The Balaban J connectivity index is 0.000000561. The molecule has 0 amide bonds. The lowest BCUT2D eigenvalue weighted by Gasteiger charge is -2.20. The molecule has 0 bridgehead atoms. The molecule has 0 spiro atoms. The van der Waals surface area contributed by atoms with Gasteiger partial charge in [0.2, 0.25) is 0 Å². The molecule has 0 aliphatic heterocycles. The van der Waals surface area contributed by atoms with Crippen LogP contribution in [0.15, 0.2) is 11.8 Å². The summed E-state index contributed by atoms with van der Waals surface area (Å²) in [6.07, 6.45) is 4.67. The molecule has 0 aromatic carbocycles. The minimum absolute atomic E-state index is 0.677. The van der Waals surface area contributed by atoms with Crippen LogP contribution in [0.3, 0.4) is 0 Å². The fourth-order valence-electron chi connectivity index (χ4n) is 1.32. The van der Waals surface area contributed by atoms with E-state index >= 15 is 0 Å². The molecule has 1 saturated carbocycles. The lowest BCUT2D eigenvalue weighted by molar-refractivity contribution is 0.533. The van der Waals surface area contributed by atoms with E-state index in [1.54, 1.807) is 6.20 Å². The maximum absolute atomic E-state index is 7.53. The Hall–Kier alpha value is -0.790. The highest BCUT2D eigenvalue weighted by Crippen LogP contribution is 2.24. The van der Waals surface area contributed by atoms with Crippen molar-refractivity contribution < 1.29 is 0 Å². The largest absolute Gasteiger partial charge is 0.404 e. The summed E-state index contributed by atoms with van der Waals surface area (Å²) in [5.74, 6) is 0.677. The standard InChI is InChI=1S/C8H14N2.C2H6/c1-6-2-3-7(5-9)8(10)4-6;1-2/h5-6,10H,2-4,9H2,1H3;1-2H3/b7-5-,10-8?;. The molecule has 1 rings (SSSR count). The number of allylic oxidation sites excluding steroid dienone is 1. The molecule has 2 heteroatoms. The topological polar surface area (TPSA) is 49.9 Å². The Labute approximate surface area is 75.4 Å². The Morgan fingerprint density at radius 3 is 2.50 bits per heavy atom. The van der Waals surface area contributed by atoms with Crippen LogP contribution >= 0.6 is 0 Å². The van der Waals surface area contributed by atoms with E-state index in [2.05, 4.69) is 6.92 Å². The second kappa shape index (κ2) is 5.81. The van der Waals surface area contributed by atoms with Gasteiger partial charge in [-0.2, -0.15) is 0 Å². The van der Waals surface area contributed by atoms with E-state index in [0.29, 0.717) is 5.92 Å². The Morgan fingerprint density at radius 1 is 1.50 bits per heavy atom. The maximum Gasteiger partial charge on any atom is 0.0362 e. The molecule has 0 saturated heterocycles.